The molecule has 1 spiro atoms. The lowest BCUT2D eigenvalue weighted by atomic mass is 9.76. The summed E-state index contributed by atoms with van der Waals surface area (Å²) >= 11 is 1.70. The second kappa shape index (κ2) is 6.66. The average molecular weight is 341 g/mol. The number of hydrogen-bond acceptors (Lipinski definition) is 4. The number of likely N-dealkylation sites (tertiary alicyclic amines) is 1. The fourth-order valence-electron chi connectivity index (χ4n) is 3.32. The number of amides is 1. The Labute approximate surface area is 145 Å². The van der Waals surface area contributed by atoms with Gasteiger partial charge in [-0.05, 0) is 85.6 Å². The Morgan fingerprint density at radius 3 is 2.26 bits per heavy atom. The highest BCUT2D eigenvalue weighted by Crippen LogP contribution is 2.46. The van der Waals surface area contributed by atoms with E-state index in [-0.39, 0.29) is 16.3 Å². The largest absolute Gasteiger partial charge is 0.444 e. The minimum absolute atomic E-state index is 0.161. The van der Waals surface area contributed by atoms with E-state index in [9.17, 15) is 4.79 Å². The van der Waals surface area contributed by atoms with Crippen LogP contribution in [0.5, 0.6) is 0 Å². The number of carbonyl (C=O) groups excluding carboxylic acids is 1. The standard InChI is InChI=1S/C18H32N2O2S/c1-16(2,3)22-15(21)20-12-10-18(11-13-20)9-7-8-14(18)19-23-17(4,5)6/h7-13H2,1-6H3. The molecular weight excluding hydrogens is 308 g/mol. The van der Waals surface area contributed by atoms with Crippen LogP contribution in [-0.4, -0.2) is 40.1 Å². The third-order valence-corrected chi connectivity index (χ3v) is 5.34. The van der Waals surface area contributed by atoms with Gasteiger partial charge in [0.2, 0.25) is 0 Å². The summed E-state index contributed by atoms with van der Waals surface area (Å²) in [5.41, 5.74) is 1.19. The van der Waals surface area contributed by atoms with Crippen LogP contribution in [0, 0.1) is 5.41 Å². The zero-order chi connectivity index (χ0) is 17.3. The van der Waals surface area contributed by atoms with Gasteiger partial charge in [0.1, 0.15) is 5.60 Å². The smallest absolute Gasteiger partial charge is 0.410 e. The van der Waals surface area contributed by atoms with Gasteiger partial charge in [0.25, 0.3) is 0 Å². The molecule has 2 aliphatic rings. The van der Waals surface area contributed by atoms with E-state index >= 15 is 0 Å². The fraction of sp³-hybridized carbons (Fsp3) is 0.889. The van der Waals surface area contributed by atoms with E-state index in [0.717, 1.165) is 32.4 Å². The van der Waals surface area contributed by atoms with E-state index in [0.29, 0.717) is 0 Å². The van der Waals surface area contributed by atoms with Gasteiger partial charge in [-0.2, -0.15) is 0 Å². The molecule has 1 aliphatic heterocycles. The summed E-state index contributed by atoms with van der Waals surface area (Å²) in [6.07, 6.45) is 5.45. The van der Waals surface area contributed by atoms with Crippen LogP contribution in [0.15, 0.2) is 4.40 Å². The van der Waals surface area contributed by atoms with Crippen LogP contribution in [-0.2, 0) is 4.74 Å². The molecule has 2 rings (SSSR count). The maximum atomic E-state index is 12.2. The molecule has 1 aliphatic carbocycles. The van der Waals surface area contributed by atoms with Crippen molar-refractivity contribution in [2.24, 2.45) is 9.81 Å². The van der Waals surface area contributed by atoms with Crippen LogP contribution in [0.4, 0.5) is 4.79 Å². The summed E-state index contributed by atoms with van der Waals surface area (Å²) in [5, 5.41) is 0. The van der Waals surface area contributed by atoms with E-state index < -0.39 is 5.60 Å². The van der Waals surface area contributed by atoms with Crippen molar-refractivity contribution in [2.75, 3.05) is 13.1 Å². The third kappa shape index (κ3) is 5.13. The van der Waals surface area contributed by atoms with Crippen LogP contribution >= 0.6 is 11.9 Å². The molecule has 5 heteroatoms. The number of hydrogen-bond donors (Lipinski definition) is 0. The zero-order valence-corrected chi connectivity index (χ0v) is 16.4. The minimum atomic E-state index is -0.421. The average Bonchev–Trinajstić information content (AvgIpc) is 2.77. The van der Waals surface area contributed by atoms with Gasteiger partial charge in [0.05, 0.1) is 0 Å². The fourth-order valence-corrected chi connectivity index (χ4v) is 3.99. The Balaban J connectivity index is 1.98. The van der Waals surface area contributed by atoms with Crippen molar-refractivity contribution < 1.29 is 9.53 Å². The van der Waals surface area contributed by atoms with Crippen LogP contribution in [0.3, 0.4) is 0 Å². The van der Waals surface area contributed by atoms with Crippen LogP contribution in [0.25, 0.3) is 0 Å². The van der Waals surface area contributed by atoms with Gasteiger partial charge < -0.3 is 9.64 Å². The number of nitrogens with zero attached hydrogens (tertiary/aromatic N) is 2. The molecule has 1 amide bonds. The lowest BCUT2D eigenvalue weighted by molar-refractivity contribution is 0.0157. The summed E-state index contributed by atoms with van der Waals surface area (Å²) in [4.78, 5) is 14.1. The van der Waals surface area contributed by atoms with Gasteiger partial charge >= 0.3 is 6.09 Å². The molecule has 23 heavy (non-hydrogen) atoms. The summed E-state index contributed by atoms with van der Waals surface area (Å²) < 4.78 is 10.6. The first-order valence-electron chi connectivity index (χ1n) is 8.74. The molecule has 132 valence electrons. The number of piperidine rings is 1. The third-order valence-electron chi connectivity index (χ3n) is 4.48. The molecule has 0 N–H and O–H groups in total. The van der Waals surface area contributed by atoms with Crippen molar-refractivity contribution in [2.45, 2.75) is 84.0 Å². The Morgan fingerprint density at radius 1 is 1.13 bits per heavy atom. The van der Waals surface area contributed by atoms with Crippen molar-refractivity contribution in [1.29, 1.82) is 0 Å². The molecule has 2 fully saturated rings. The van der Waals surface area contributed by atoms with Crippen molar-refractivity contribution in [3.8, 4) is 0 Å². The summed E-state index contributed by atoms with van der Waals surface area (Å²) in [7, 11) is 0. The Morgan fingerprint density at radius 2 is 1.74 bits per heavy atom. The Bertz CT molecular complexity index is 466. The second-order valence-electron chi connectivity index (χ2n) is 8.84. The quantitative estimate of drug-likeness (QED) is 0.625. The number of rotatable bonds is 1. The first-order valence-corrected chi connectivity index (χ1v) is 9.52. The molecule has 0 aromatic carbocycles. The predicted molar refractivity (Wildman–Crippen MR) is 98.1 cm³/mol. The number of ether oxygens (including phenoxy) is 1. The van der Waals surface area contributed by atoms with E-state index in [1.807, 2.05) is 25.7 Å². The molecule has 1 saturated carbocycles. The highest BCUT2D eigenvalue weighted by molar-refractivity contribution is 7.99. The molecule has 0 bridgehead atoms. The topological polar surface area (TPSA) is 41.9 Å². The first-order chi connectivity index (χ1) is 10.5. The van der Waals surface area contributed by atoms with Crippen LogP contribution in [0.1, 0.15) is 73.6 Å². The van der Waals surface area contributed by atoms with Gasteiger partial charge in [-0.3, -0.25) is 0 Å². The van der Waals surface area contributed by atoms with E-state index in [4.69, 9.17) is 9.13 Å². The summed E-state index contributed by atoms with van der Waals surface area (Å²) in [6.45, 7) is 13.9. The highest BCUT2D eigenvalue weighted by atomic mass is 32.2. The highest BCUT2D eigenvalue weighted by Gasteiger charge is 2.43. The number of carbonyl (C=O) groups is 1. The van der Waals surface area contributed by atoms with Crippen LogP contribution in [0.2, 0.25) is 0 Å². The van der Waals surface area contributed by atoms with Gasteiger partial charge in [-0.25, -0.2) is 9.19 Å². The van der Waals surface area contributed by atoms with Gasteiger partial charge in [0, 0.05) is 29.0 Å². The zero-order valence-electron chi connectivity index (χ0n) is 15.6. The molecule has 0 unspecified atom stereocenters. The molecule has 0 atom stereocenters. The first kappa shape index (κ1) is 18.6. The normalized spacial score (nSPS) is 23.6. The molecule has 0 radical (unpaired) electrons. The monoisotopic (exact) mass is 340 g/mol. The molecule has 0 aromatic rings. The van der Waals surface area contributed by atoms with E-state index in [1.165, 1.54) is 18.6 Å². The van der Waals surface area contributed by atoms with Crippen molar-refractivity contribution in [3.63, 3.8) is 0 Å². The van der Waals surface area contributed by atoms with Gasteiger partial charge in [0.15, 0.2) is 0 Å². The SMILES string of the molecule is CC(C)(C)OC(=O)N1CCC2(CCCC2=NSC(C)(C)C)CC1. The minimum Gasteiger partial charge on any atom is -0.444 e. The van der Waals surface area contributed by atoms with Gasteiger partial charge in [-0.15, -0.1) is 0 Å². The maximum Gasteiger partial charge on any atom is 0.410 e. The van der Waals surface area contributed by atoms with Gasteiger partial charge in [-0.1, -0.05) is 0 Å². The summed E-state index contributed by atoms with van der Waals surface area (Å²) in [5.74, 6) is 0. The second-order valence-corrected chi connectivity index (χ2v) is 10.4. The molecule has 1 heterocycles. The molecular formula is C18H32N2O2S. The Hall–Kier alpha value is -0.710. The summed E-state index contributed by atoms with van der Waals surface area (Å²) in [6, 6.07) is 0. The van der Waals surface area contributed by atoms with Crippen molar-refractivity contribution in [1.82, 2.24) is 4.90 Å². The van der Waals surface area contributed by atoms with Crippen molar-refractivity contribution >= 4 is 23.8 Å². The predicted octanol–water partition coefficient (Wildman–Crippen LogP) is 5.08. The molecule has 4 nitrogen and oxygen atoms in total. The lowest BCUT2D eigenvalue weighted by Gasteiger charge is -2.40. The molecule has 1 saturated heterocycles. The Kier molecular flexibility index (Phi) is 5.39. The van der Waals surface area contributed by atoms with E-state index in [1.54, 1.807) is 11.9 Å². The molecule has 0 aromatic heterocycles. The van der Waals surface area contributed by atoms with Crippen molar-refractivity contribution in [3.05, 3.63) is 0 Å². The maximum absolute atomic E-state index is 12.2. The van der Waals surface area contributed by atoms with E-state index in [2.05, 4.69) is 20.8 Å². The van der Waals surface area contributed by atoms with Crippen LogP contribution < -0.4 is 0 Å². The lowest BCUT2D eigenvalue weighted by Crippen LogP contribution is -2.46.